The molecule has 0 aromatic carbocycles. The highest BCUT2D eigenvalue weighted by Gasteiger charge is 2.16. The number of rotatable bonds is 37. The van der Waals surface area contributed by atoms with Crippen molar-refractivity contribution in [1.82, 2.24) is 0 Å². The van der Waals surface area contributed by atoms with Crippen LogP contribution in [0.5, 0.6) is 0 Å². The first-order valence-corrected chi connectivity index (χ1v) is 20.2. The normalized spacial score (nSPS) is 12.2. The highest BCUT2D eigenvalue weighted by molar-refractivity contribution is 5.70. The molecule has 0 fully saturated rings. The Kier molecular flexibility index (Phi) is 37.0. The Morgan fingerprint density at radius 2 is 0.804 bits per heavy atom. The van der Waals surface area contributed by atoms with E-state index in [1.54, 1.807) is 0 Å². The molecule has 1 N–H and O–H groups in total. The molecule has 0 aliphatic carbocycles. The van der Waals surface area contributed by atoms with Crippen LogP contribution in [0.1, 0.15) is 219 Å². The van der Waals surface area contributed by atoms with Crippen LogP contribution in [0, 0.1) is 0 Å². The van der Waals surface area contributed by atoms with Crippen molar-refractivity contribution in [2.24, 2.45) is 0 Å². The fourth-order valence-electron chi connectivity index (χ4n) is 5.96. The number of aliphatic hydroxyl groups excluding tert-OH is 1. The predicted octanol–water partition coefficient (Wildman–Crippen LogP) is 12.5. The number of hydrogen-bond acceptors (Lipinski definition) is 5. The van der Waals surface area contributed by atoms with Crippen molar-refractivity contribution in [3.05, 3.63) is 12.2 Å². The molecular formula is C41H78O5. The predicted molar refractivity (Wildman–Crippen MR) is 196 cm³/mol. The Morgan fingerprint density at radius 1 is 0.478 bits per heavy atom. The molecule has 0 aromatic rings. The van der Waals surface area contributed by atoms with Gasteiger partial charge in [-0.15, -0.1) is 0 Å². The van der Waals surface area contributed by atoms with Gasteiger partial charge in [0, 0.05) is 12.8 Å². The quantitative estimate of drug-likeness (QED) is 0.0411. The number of aliphatic hydroxyl groups is 1. The number of carbonyl (C=O) groups excluding carboxylic acids is 2. The molecule has 0 saturated heterocycles. The number of allylic oxidation sites excluding steroid dienone is 2. The van der Waals surface area contributed by atoms with E-state index in [2.05, 4.69) is 26.0 Å². The summed E-state index contributed by atoms with van der Waals surface area (Å²) in [6, 6.07) is 0. The fraction of sp³-hybridized carbons (Fsp3) is 0.902. The Labute approximate surface area is 286 Å². The van der Waals surface area contributed by atoms with E-state index in [0.29, 0.717) is 12.8 Å². The molecule has 0 amide bonds. The SMILES string of the molecule is CCCCCCCC/C=C\CCCCCCCCCCCCCC(=O)O[C@@H](CO)COC(=O)CCCCCCCCCCCCC. The molecule has 0 rings (SSSR count). The van der Waals surface area contributed by atoms with Gasteiger partial charge in [-0.25, -0.2) is 0 Å². The largest absolute Gasteiger partial charge is 0.462 e. The van der Waals surface area contributed by atoms with Gasteiger partial charge in [-0.2, -0.15) is 0 Å². The number of unbranched alkanes of at least 4 members (excludes halogenated alkanes) is 27. The van der Waals surface area contributed by atoms with E-state index in [-0.39, 0.29) is 25.2 Å². The molecule has 0 aromatic heterocycles. The third-order valence-electron chi connectivity index (χ3n) is 9.06. The first-order valence-electron chi connectivity index (χ1n) is 20.2. The molecule has 5 nitrogen and oxygen atoms in total. The van der Waals surface area contributed by atoms with Crippen LogP contribution < -0.4 is 0 Å². The van der Waals surface area contributed by atoms with E-state index in [1.807, 2.05) is 0 Å². The summed E-state index contributed by atoms with van der Waals surface area (Å²) in [6.07, 6.45) is 42.8. The van der Waals surface area contributed by atoms with Gasteiger partial charge in [-0.05, 0) is 38.5 Å². The molecule has 5 heteroatoms. The average Bonchev–Trinajstić information content (AvgIpc) is 3.06. The van der Waals surface area contributed by atoms with Gasteiger partial charge >= 0.3 is 11.9 Å². The van der Waals surface area contributed by atoms with Gasteiger partial charge in [0.05, 0.1) is 6.61 Å². The summed E-state index contributed by atoms with van der Waals surface area (Å²) in [5.41, 5.74) is 0. The minimum absolute atomic E-state index is 0.0601. The molecule has 0 bridgehead atoms. The van der Waals surface area contributed by atoms with E-state index >= 15 is 0 Å². The Hall–Kier alpha value is -1.36. The zero-order valence-corrected chi connectivity index (χ0v) is 30.9. The van der Waals surface area contributed by atoms with Gasteiger partial charge in [-0.1, -0.05) is 180 Å². The van der Waals surface area contributed by atoms with Crippen LogP contribution in [0.25, 0.3) is 0 Å². The van der Waals surface area contributed by atoms with Crippen molar-refractivity contribution in [2.45, 2.75) is 225 Å². The Balaban J connectivity index is 3.48. The van der Waals surface area contributed by atoms with E-state index < -0.39 is 6.10 Å². The summed E-state index contributed by atoms with van der Waals surface area (Å²) < 4.78 is 10.6. The third kappa shape index (κ3) is 35.5. The second-order valence-electron chi connectivity index (χ2n) is 13.7. The lowest BCUT2D eigenvalue weighted by atomic mass is 10.0. The van der Waals surface area contributed by atoms with Crippen molar-refractivity contribution in [3.63, 3.8) is 0 Å². The van der Waals surface area contributed by atoms with Crippen molar-refractivity contribution >= 4 is 11.9 Å². The second-order valence-corrected chi connectivity index (χ2v) is 13.7. The molecule has 0 radical (unpaired) electrons. The molecule has 1 atom stereocenters. The Morgan fingerprint density at radius 3 is 1.17 bits per heavy atom. The van der Waals surface area contributed by atoms with E-state index in [9.17, 15) is 14.7 Å². The number of esters is 2. The third-order valence-corrected chi connectivity index (χ3v) is 9.06. The maximum atomic E-state index is 12.2. The fourth-order valence-corrected chi connectivity index (χ4v) is 5.96. The first kappa shape index (κ1) is 44.6. The van der Waals surface area contributed by atoms with Crippen LogP contribution >= 0.6 is 0 Å². The lowest BCUT2D eigenvalue weighted by Gasteiger charge is -2.15. The van der Waals surface area contributed by atoms with E-state index in [1.165, 1.54) is 154 Å². The second kappa shape index (κ2) is 38.1. The van der Waals surface area contributed by atoms with Crippen LogP contribution in [0.3, 0.4) is 0 Å². The number of carbonyl (C=O) groups is 2. The van der Waals surface area contributed by atoms with Crippen molar-refractivity contribution in [2.75, 3.05) is 13.2 Å². The Bertz CT molecular complexity index is 661. The highest BCUT2D eigenvalue weighted by atomic mass is 16.6. The zero-order valence-electron chi connectivity index (χ0n) is 30.9. The standard InChI is InChI=1S/C41H78O5/c1-3-5-7-9-11-13-15-16-17-18-19-20-21-22-23-24-26-28-30-32-34-36-41(44)46-39(37-42)38-45-40(43)35-33-31-29-27-25-14-12-10-8-6-4-2/h16-17,39,42H,3-15,18-38H2,1-2H3/b17-16-/t39-/m0/s1. The summed E-state index contributed by atoms with van der Waals surface area (Å²) in [4.78, 5) is 24.2. The lowest BCUT2D eigenvalue weighted by molar-refractivity contribution is -0.161. The molecule has 0 aliphatic heterocycles. The molecule has 0 saturated carbocycles. The van der Waals surface area contributed by atoms with Crippen molar-refractivity contribution < 1.29 is 24.2 Å². The summed E-state index contributed by atoms with van der Waals surface area (Å²) in [7, 11) is 0. The lowest BCUT2D eigenvalue weighted by Crippen LogP contribution is -2.28. The topological polar surface area (TPSA) is 72.8 Å². The maximum absolute atomic E-state index is 12.2. The van der Waals surface area contributed by atoms with Gasteiger partial charge < -0.3 is 14.6 Å². The first-order chi connectivity index (χ1) is 22.6. The molecule has 0 spiro atoms. The number of hydrogen-bond donors (Lipinski definition) is 1. The molecule has 0 unspecified atom stereocenters. The van der Waals surface area contributed by atoms with Crippen LogP contribution in [0.2, 0.25) is 0 Å². The van der Waals surface area contributed by atoms with Crippen LogP contribution in [0.4, 0.5) is 0 Å². The van der Waals surface area contributed by atoms with Crippen LogP contribution in [0.15, 0.2) is 12.2 Å². The molecule has 0 aliphatic rings. The zero-order chi connectivity index (χ0) is 33.6. The van der Waals surface area contributed by atoms with Gasteiger partial charge in [0.2, 0.25) is 0 Å². The summed E-state index contributed by atoms with van der Waals surface area (Å²) in [6.45, 7) is 4.14. The van der Waals surface area contributed by atoms with E-state index in [0.717, 1.165) is 38.5 Å². The maximum Gasteiger partial charge on any atom is 0.306 e. The minimum atomic E-state index is -0.764. The van der Waals surface area contributed by atoms with E-state index in [4.69, 9.17) is 9.47 Å². The molecule has 272 valence electrons. The molecule has 46 heavy (non-hydrogen) atoms. The van der Waals surface area contributed by atoms with Crippen molar-refractivity contribution in [3.8, 4) is 0 Å². The smallest absolute Gasteiger partial charge is 0.306 e. The van der Waals surface area contributed by atoms with Gasteiger partial charge in [0.1, 0.15) is 6.61 Å². The van der Waals surface area contributed by atoms with Crippen LogP contribution in [-0.4, -0.2) is 36.4 Å². The summed E-state index contributed by atoms with van der Waals surface area (Å²) >= 11 is 0. The summed E-state index contributed by atoms with van der Waals surface area (Å²) in [5.74, 6) is -0.582. The molecular weight excluding hydrogens is 572 g/mol. The van der Waals surface area contributed by atoms with Crippen molar-refractivity contribution in [1.29, 1.82) is 0 Å². The highest BCUT2D eigenvalue weighted by Crippen LogP contribution is 2.15. The van der Waals surface area contributed by atoms with Gasteiger partial charge in [0.15, 0.2) is 6.10 Å². The summed E-state index contributed by atoms with van der Waals surface area (Å²) in [5, 5.41) is 9.54. The van der Waals surface area contributed by atoms with Gasteiger partial charge in [0.25, 0.3) is 0 Å². The van der Waals surface area contributed by atoms with Crippen LogP contribution in [-0.2, 0) is 19.1 Å². The monoisotopic (exact) mass is 651 g/mol. The molecule has 0 heterocycles. The number of ether oxygens (including phenoxy) is 2. The average molecular weight is 651 g/mol. The minimum Gasteiger partial charge on any atom is -0.462 e. The van der Waals surface area contributed by atoms with Gasteiger partial charge in [-0.3, -0.25) is 9.59 Å².